The van der Waals surface area contributed by atoms with E-state index in [-0.39, 0.29) is 15.6 Å². The van der Waals surface area contributed by atoms with Gasteiger partial charge in [0.1, 0.15) is 5.82 Å². The Kier molecular flexibility index (Phi) is 5.58. The monoisotopic (exact) mass is 355 g/mol. The second kappa shape index (κ2) is 7.44. The number of carbonyl (C=O) groups is 2. The van der Waals surface area contributed by atoms with Crippen LogP contribution in [-0.2, 0) is 9.53 Å². The van der Waals surface area contributed by atoms with Gasteiger partial charge in [-0.05, 0) is 49.4 Å². The molecular weight excluding hydrogens is 344 g/mol. The van der Waals surface area contributed by atoms with Crippen LogP contribution in [0.15, 0.2) is 42.5 Å². The van der Waals surface area contributed by atoms with Crippen molar-refractivity contribution >= 4 is 40.8 Å². The molecule has 4 nitrogen and oxygen atoms in total. The van der Waals surface area contributed by atoms with E-state index in [0.29, 0.717) is 5.69 Å². The summed E-state index contributed by atoms with van der Waals surface area (Å²) in [5.74, 6) is -1.69. The summed E-state index contributed by atoms with van der Waals surface area (Å²) in [5.41, 5.74) is 0.536. The lowest BCUT2D eigenvalue weighted by Crippen LogP contribution is -2.30. The van der Waals surface area contributed by atoms with Gasteiger partial charge >= 0.3 is 5.97 Å². The van der Waals surface area contributed by atoms with Crippen LogP contribution in [0.4, 0.5) is 10.1 Å². The van der Waals surface area contributed by atoms with Crippen molar-refractivity contribution in [3.63, 3.8) is 0 Å². The van der Waals surface area contributed by atoms with E-state index in [4.69, 9.17) is 27.9 Å². The predicted molar refractivity (Wildman–Crippen MR) is 86.4 cm³/mol. The quantitative estimate of drug-likeness (QED) is 0.831. The van der Waals surface area contributed by atoms with E-state index in [0.717, 1.165) is 0 Å². The van der Waals surface area contributed by atoms with Crippen LogP contribution >= 0.6 is 23.2 Å². The van der Waals surface area contributed by atoms with Crippen molar-refractivity contribution in [1.82, 2.24) is 0 Å². The standard InChI is InChI=1S/C16H12Cl2FNO3/c1-9(15(21)20-14-4-2-13(19)3-5-14)23-16(22)10-6-11(17)8-12(18)7-10/h2-9H,1H3,(H,20,21)/t9-/m0/s1. The van der Waals surface area contributed by atoms with Crippen molar-refractivity contribution in [2.24, 2.45) is 0 Å². The minimum Gasteiger partial charge on any atom is -0.449 e. The van der Waals surface area contributed by atoms with Gasteiger partial charge in [0, 0.05) is 15.7 Å². The van der Waals surface area contributed by atoms with E-state index in [2.05, 4.69) is 5.32 Å². The molecule has 0 aliphatic heterocycles. The van der Waals surface area contributed by atoms with Crippen molar-refractivity contribution in [1.29, 1.82) is 0 Å². The Bertz CT molecular complexity index is 714. The van der Waals surface area contributed by atoms with Crippen molar-refractivity contribution < 1.29 is 18.7 Å². The van der Waals surface area contributed by atoms with Gasteiger partial charge in [-0.2, -0.15) is 0 Å². The highest BCUT2D eigenvalue weighted by Crippen LogP contribution is 2.20. The Balaban J connectivity index is 1.99. The van der Waals surface area contributed by atoms with Crippen molar-refractivity contribution in [3.05, 3.63) is 63.9 Å². The van der Waals surface area contributed by atoms with Crippen LogP contribution in [0.1, 0.15) is 17.3 Å². The fraction of sp³-hybridized carbons (Fsp3) is 0.125. The second-order valence-corrected chi connectivity index (χ2v) is 5.57. The molecule has 120 valence electrons. The fourth-order valence-electron chi connectivity index (χ4n) is 1.73. The third-order valence-electron chi connectivity index (χ3n) is 2.86. The third kappa shape index (κ3) is 4.94. The van der Waals surface area contributed by atoms with Gasteiger partial charge in [-0.1, -0.05) is 23.2 Å². The molecule has 0 bridgehead atoms. The molecule has 0 unspecified atom stereocenters. The highest BCUT2D eigenvalue weighted by Gasteiger charge is 2.19. The summed E-state index contributed by atoms with van der Waals surface area (Å²) in [5, 5.41) is 3.08. The van der Waals surface area contributed by atoms with Gasteiger partial charge in [0.25, 0.3) is 5.91 Å². The summed E-state index contributed by atoms with van der Waals surface area (Å²) in [7, 11) is 0. The molecule has 23 heavy (non-hydrogen) atoms. The van der Waals surface area contributed by atoms with E-state index in [1.165, 1.54) is 49.4 Å². The average Bonchev–Trinajstić information content (AvgIpc) is 2.48. The van der Waals surface area contributed by atoms with Crippen molar-refractivity contribution in [2.75, 3.05) is 5.32 Å². The SMILES string of the molecule is C[C@H](OC(=O)c1cc(Cl)cc(Cl)c1)C(=O)Nc1ccc(F)cc1. The molecule has 2 rings (SSSR count). The average molecular weight is 356 g/mol. The minimum absolute atomic E-state index is 0.143. The zero-order valence-corrected chi connectivity index (χ0v) is 13.5. The molecule has 1 N–H and O–H groups in total. The van der Waals surface area contributed by atoms with Gasteiger partial charge in [-0.3, -0.25) is 4.79 Å². The molecule has 0 fully saturated rings. The molecule has 0 saturated heterocycles. The number of halogens is 3. The molecule has 0 saturated carbocycles. The molecule has 2 aromatic carbocycles. The van der Waals surface area contributed by atoms with E-state index in [9.17, 15) is 14.0 Å². The van der Waals surface area contributed by atoms with Crippen LogP contribution in [-0.4, -0.2) is 18.0 Å². The molecular formula is C16H12Cl2FNO3. The van der Waals surface area contributed by atoms with Crippen LogP contribution < -0.4 is 5.32 Å². The maximum absolute atomic E-state index is 12.8. The number of amides is 1. The zero-order chi connectivity index (χ0) is 17.0. The van der Waals surface area contributed by atoms with Gasteiger partial charge in [-0.15, -0.1) is 0 Å². The first-order chi connectivity index (χ1) is 10.8. The van der Waals surface area contributed by atoms with E-state index < -0.39 is 23.8 Å². The summed E-state index contributed by atoms with van der Waals surface area (Å²) in [6.07, 6.45) is -1.05. The van der Waals surface area contributed by atoms with Gasteiger partial charge in [-0.25, -0.2) is 9.18 Å². The maximum Gasteiger partial charge on any atom is 0.339 e. The summed E-state index contributed by atoms with van der Waals surface area (Å²) < 4.78 is 17.9. The summed E-state index contributed by atoms with van der Waals surface area (Å²) in [6.45, 7) is 1.42. The highest BCUT2D eigenvalue weighted by atomic mass is 35.5. The number of hydrogen-bond acceptors (Lipinski definition) is 3. The minimum atomic E-state index is -1.05. The number of carbonyl (C=O) groups excluding carboxylic acids is 2. The number of ether oxygens (including phenoxy) is 1. The molecule has 1 amide bonds. The number of hydrogen-bond donors (Lipinski definition) is 1. The first kappa shape index (κ1) is 17.2. The van der Waals surface area contributed by atoms with Crippen LogP contribution in [0.3, 0.4) is 0 Å². The Morgan fingerprint density at radius 1 is 1.09 bits per heavy atom. The van der Waals surface area contributed by atoms with Gasteiger partial charge < -0.3 is 10.1 Å². The van der Waals surface area contributed by atoms with E-state index in [1.54, 1.807) is 0 Å². The summed E-state index contributed by atoms with van der Waals surface area (Å²) in [4.78, 5) is 24.0. The largest absolute Gasteiger partial charge is 0.449 e. The molecule has 0 spiro atoms. The molecule has 0 radical (unpaired) electrons. The molecule has 2 aromatic rings. The molecule has 7 heteroatoms. The molecule has 0 aliphatic rings. The topological polar surface area (TPSA) is 55.4 Å². The van der Waals surface area contributed by atoms with Gasteiger partial charge in [0.2, 0.25) is 0 Å². The van der Waals surface area contributed by atoms with Crippen LogP contribution in [0.5, 0.6) is 0 Å². The Morgan fingerprint density at radius 3 is 2.22 bits per heavy atom. The lowest BCUT2D eigenvalue weighted by molar-refractivity contribution is -0.123. The van der Waals surface area contributed by atoms with Crippen LogP contribution in [0.25, 0.3) is 0 Å². The number of nitrogens with one attached hydrogen (secondary N) is 1. The van der Waals surface area contributed by atoms with Crippen LogP contribution in [0.2, 0.25) is 10.0 Å². The highest BCUT2D eigenvalue weighted by molar-refractivity contribution is 6.35. The zero-order valence-electron chi connectivity index (χ0n) is 12.0. The smallest absolute Gasteiger partial charge is 0.339 e. The van der Waals surface area contributed by atoms with Crippen molar-refractivity contribution in [3.8, 4) is 0 Å². The molecule has 0 aliphatic carbocycles. The fourth-order valence-corrected chi connectivity index (χ4v) is 2.26. The number of esters is 1. The third-order valence-corrected chi connectivity index (χ3v) is 3.30. The summed E-state index contributed by atoms with van der Waals surface area (Å²) in [6, 6.07) is 9.48. The van der Waals surface area contributed by atoms with Crippen LogP contribution in [0, 0.1) is 5.82 Å². The normalized spacial score (nSPS) is 11.7. The molecule has 0 heterocycles. The predicted octanol–water partition coefficient (Wildman–Crippen LogP) is 4.32. The van der Waals surface area contributed by atoms with E-state index in [1.807, 2.05) is 0 Å². The Hall–Kier alpha value is -2.11. The van der Waals surface area contributed by atoms with Crippen molar-refractivity contribution in [2.45, 2.75) is 13.0 Å². The lowest BCUT2D eigenvalue weighted by Gasteiger charge is -2.13. The Labute approximate surface area is 142 Å². The number of rotatable bonds is 4. The first-order valence-corrected chi connectivity index (χ1v) is 7.34. The Morgan fingerprint density at radius 2 is 1.65 bits per heavy atom. The maximum atomic E-state index is 12.8. The number of benzene rings is 2. The second-order valence-electron chi connectivity index (χ2n) is 4.70. The first-order valence-electron chi connectivity index (χ1n) is 6.58. The lowest BCUT2D eigenvalue weighted by atomic mass is 10.2. The van der Waals surface area contributed by atoms with Gasteiger partial charge in [0.15, 0.2) is 6.10 Å². The molecule has 0 aromatic heterocycles. The van der Waals surface area contributed by atoms with Gasteiger partial charge in [0.05, 0.1) is 5.56 Å². The van der Waals surface area contributed by atoms with E-state index >= 15 is 0 Å². The number of anilines is 1. The summed E-state index contributed by atoms with van der Waals surface area (Å²) >= 11 is 11.6. The molecule has 1 atom stereocenters.